The lowest BCUT2D eigenvalue weighted by Crippen LogP contribution is -1.94. The lowest BCUT2D eigenvalue weighted by atomic mass is 9.84. The predicted molar refractivity (Wildman–Crippen MR) is 136 cm³/mol. The van der Waals surface area contributed by atoms with Crippen molar-refractivity contribution in [1.82, 2.24) is 0 Å². The molecule has 5 rings (SSSR count). The van der Waals surface area contributed by atoms with Crippen LogP contribution < -0.4 is 4.74 Å². The van der Waals surface area contributed by atoms with Crippen LogP contribution in [0.5, 0.6) is 11.5 Å². The van der Waals surface area contributed by atoms with Crippen molar-refractivity contribution in [1.29, 1.82) is 0 Å². The minimum absolute atomic E-state index is 0.277. The third-order valence-corrected chi connectivity index (χ3v) is 5.91. The van der Waals surface area contributed by atoms with E-state index in [4.69, 9.17) is 4.74 Å². The number of phenolic OH excluding ortho intramolecular Hbond substituents is 1. The quantitative estimate of drug-likeness (QED) is 0.307. The van der Waals surface area contributed by atoms with Gasteiger partial charge in [-0.2, -0.15) is 0 Å². The molecule has 0 aliphatic heterocycles. The van der Waals surface area contributed by atoms with Crippen molar-refractivity contribution in [3.63, 3.8) is 0 Å². The van der Waals surface area contributed by atoms with E-state index in [0.29, 0.717) is 0 Å². The molecule has 0 aromatic heterocycles. The molecular weight excluding hydrogens is 404 g/mol. The highest BCUT2D eigenvalue weighted by Gasteiger charge is 2.22. The summed E-state index contributed by atoms with van der Waals surface area (Å²) in [5.74, 6) is 1.08. The number of rotatable bonds is 5. The molecule has 160 valence electrons. The van der Waals surface area contributed by atoms with E-state index in [1.165, 1.54) is 0 Å². The van der Waals surface area contributed by atoms with Gasteiger partial charge in [-0.1, -0.05) is 103 Å². The molecule has 0 spiro atoms. The summed E-state index contributed by atoms with van der Waals surface area (Å²) >= 11 is 0. The fourth-order valence-electron chi connectivity index (χ4n) is 4.31. The smallest absolute Gasteiger partial charge is 0.132 e. The van der Waals surface area contributed by atoms with Gasteiger partial charge in [0.1, 0.15) is 11.5 Å². The molecular formula is C31H24O2. The van der Waals surface area contributed by atoms with Gasteiger partial charge in [-0.3, -0.25) is 0 Å². The number of ether oxygens (including phenoxy) is 1. The first kappa shape index (κ1) is 20.6. The van der Waals surface area contributed by atoms with E-state index in [0.717, 1.165) is 50.3 Å². The summed E-state index contributed by atoms with van der Waals surface area (Å²) in [5, 5.41) is 11.9. The van der Waals surface area contributed by atoms with Crippen molar-refractivity contribution >= 4 is 0 Å². The molecule has 0 heterocycles. The van der Waals surface area contributed by atoms with E-state index in [1.807, 2.05) is 103 Å². The second-order valence-corrected chi connectivity index (χ2v) is 7.90. The molecule has 0 aliphatic rings. The molecule has 0 saturated heterocycles. The number of hydrogen-bond donors (Lipinski definition) is 1. The molecule has 0 amide bonds. The molecule has 0 atom stereocenters. The number of phenols is 1. The van der Waals surface area contributed by atoms with Gasteiger partial charge < -0.3 is 9.84 Å². The van der Waals surface area contributed by atoms with Crippen LogP contribution in [0.4, 0.5) is 0 Å². The second-order valence-electron chi connectivity index (χ2n) is 7.90. The van der Waals surface area contributed by atoms with Crippen LogP contribution in [0, 0.1) is 0 Å². The normalized spacial score (nSPS) is 10.7. The Kier molecular flexibility index (Phi) is 5.65. The first-order valence-electron chi connectivity index (χ1n) is 11.0. The molecule has 33 heavy (non-hydrogen) atoms. The molecule has 0 unspecified atom stereocenters. The minimum Gasteiger partial charge on any atom is -0.507 e. The number of hydrogen-bond acceptors (Lipinski definition) is 2. The zero-order chi connectivity index (χ0) is 22.6. The fourth-order valence-corrected chi connectivity index (χ4v) is 4.31. The Morgan fingerprint density at radius 2 is 0.879 bits per heavy atom. The van der Waals surface area contributed by atoms with Gasteiger partial charge in [-0.05, 0) is 51.6 Å². The number of benzene rings is 5. The van der Waals surface area contributed by atoms with Gasteiger partial charge in [0.25, 0.3) is 0 Å². The molecule has 5 aromatic carbocycles. The zero-order valence-electron chi connectivity index (χ0n) is 18.4. The minimum atomic E-state index is 0.277. The van der Waals surface area contributed by atoms with Gasteiger partial charge in [-0.15, -0.1) is 0 Å². The van der Waals surface area contributed by atoms with Crippen LogP contribution in [0.15, 0.2) is 121 Å². The maximum atomic E-state index is 11.9. The van der Waals surface area contributed by atoms with E-state index in [9.17, 15) is 5.11 Å². The van der Waals surface area contributed by atoms with Crippen LogP contribution in [0.1, 0.15) is 0 Å². The van der Waals surface area contributed by atoms with E-state index in [2.05, 4.69) is 18.2 Å². The first-order chi connectivity index (χ1) is 16.3. The monoisotopic (exact) mass is 428 g/mol. The predicted octanol–water partition coefficient (Wildman–Crippen LogP) is 8.07. The van der Waals surface area contributed by atoms with E-state index in [1.54, 1.807) is 7.11 Å². The highest BCUT2D eigenvalue weighted by Crippen LogP contribution is 2.49. The molecule has 0 radical (unpaired) electrons. The SMILES string of the molecule is COc1ccc(-c2cc(-c3ccccc3)c(-c3ccccc3)c(O)c2-c2ccccc2)cc1. The lowest BCUT2D eigenvalue weighted by molar-refractivity contribution is 0.415. The van der Waals surface area contributed by atoms with Crippen LogP contribution in [-0.4, -0.2) is 12.2 Å². The average Bonchev–Trinajstić information content (AvgIpc) is 2.89. The van der Waals surface area contributed by atoms with Gasteiger partial charge in [-0.25, -0.2) is 0 Å². The Hall–Kier alpha value is -4.30. The summed E-state index contributed by atoms with van der Waals surface area (Å²) in [6.45, 7) is 0. The topological polar surface area (TPSA) is 29.5 Å². The molecule has 0 aliphatic carbocycles. The Morgan fingerprint density at radius 3 is 1.30 bits per heavy atom. The third kappa shape index (κ3) is 3.99. The maximum absolute atomic E-state index is 11.9. The first-order valence-corrected chi connectivity index (χ1v) is 11.0. The molecule has 0 fully saturated rings. The molecule has 0 saturated carbocycles. The van der Waals surface area contributed by atoms with Crippen LogP contribution in [0.3, 0.4) is 0 Å². The Labute approximate surface area is 194 Å². The largest absolute Gasteiger partial charge is 0.507 e. The van der Waals surface area contributed by atoms with Crippen LogP contribution in [0.25, 0.3) is 44.5 Å². The van der Waals surface area contributed by atoms with E-state index >= 15 is 0 Å². The van der Waals surface area contributed by atoms with Crippen molar-refractivity contribution in [3.05, 3.63) is 121 Å². The van der Waals surface area contributed by atoms with Crippen LogP contribution in [0.2, 0.25) is 0 Å². The summed E-state index contributed by atoms with van der Waals surface area (Å²) in [6, 6.07) is 40.6. The van der Waals surface area contributed by atoms with Gasteiger partial charge in [0, 0.05) is 11.1 Å². The average molecular weight is 429 g/mol. The molecule has 2 heteroatoms. The molecule has 0 bridgehead atoms. The summed E-state index contributed by atoms with van der Waals surface area (Å²) < 4.78 is 5.36. The van der Waals surface area contributed by atoms with Crippen molar-refractivity contribution in [2.45, 2.75) is 0 Å². The van der Waals surface area contributed by atoms with Crippen molar-refractivity contribution in [3.8, 4) is 56.0 Å². The standard InChI is InChI=1S/C31H24O2/c1-33-26-19-17-23(18-20-26)28-21-27(22-11-5-2-6-12-22)29(24-13-7-3-8-14-24)31(32)30(28)25-15-9-4-10-16-25/h2-21,32H,1H3. The van der Waals surface area contributed by atoms with Gasteiger partial charge in [0.2, 0.25) is 0 Å². The van der Waals surface area contributed by atoms with Crippen LogP contribution in [-0.2, 0) is 0 Å². The van der Waals surface area contributed by atoms with E-state index < -0.39 is 0 Å². The zero-order valence-corrected chi connectivity index (χ0v) is 18.4. The Balaban J connectivity index is 1.87. The fraction of sp³-hybridized carbons (Fsp3) is 0.0323. The third-order valence-electron chi connectivity index (χ3n) is 5.91. The molecule has 2 nitrogen and oxygen atoms in total. The lowest BCUT2D eigenvalue weighted by Gasteiger charge is -2.20. The van der Waals surface area contributed by atoms with Crippen molar-refractivity contribution in [2.24, 2.45) is 0 Å². The summed E-state index contributed by atoms with van der Waals surface area (Å²) in [6.07, 6.45) is 0. The van der Waals surface area contributed by atoms with E-state index in [-0.39, 0.29) is 5.75 Å². The highest BCUT2D eigenvalue weighted by atomic mass is 16.5. The van der Waals surface area contributed by atoms with Crippen molar-refractivity contribution < 1.29 is 9.84 Å². The second kappa shape index (κ2) is 9.05. The molecule has 1 N–H and O–H groups in total. The number of aromatic hydroxyl groups is 1. The van der Waals surface area contributed by atoms with Crippen molar-refractivity contribution in [2.75, 3.05) is 7.11 Å². The van der Waals surface area contributed by atoms with Gasteiger partial charge in [0.15, 0.2) is 0 Å². The van der Waals surface area contributed by atoms with Gasteiger partial charge >= 0.3 is 0 Å². The maximum Gasteiger partial charge on any atom is 0.132 e. The number of methoxy groups -OCH3 is 1. The summed E-state index contributed by atoms with van der Waals surface area (Å²) in [4.78, 5) is 0. The van der Waals surface area contributed by atoms with Gasteiger partial charge in [0.05, 0.1) is 7.11 Å². The Bertz CT molecular complexity index is 1360. The Morgan fingerprint density at radius 1 is 0.485 bits per heavy atom. The summed E-state index contributed by atoms with van der Waals surface area (Å²) in [5.41, 5.74) is 7.63. The molecule has 5 aromatic rings. The van der Waals surface area contributed by atoms with Crippen LogP contribution >= 0.6 is 0 Å². The summed E-state index contributed by atoms with van der Waals surface area (Å²) in [7, 11) is 1.67. The highest BCUT2D eigenvalue weighted by molar-refractivity contribution is 6.00.